The van der Waals surface area contributed by atoms with E-state index in [4.69, 9.17) is 33.1 Å². The molecule has 1 saturated heterocycles. The minimum atomic E-state index is -1.25. The number of benzene rings is 2. The number of hydrogen-bond acceptors (Lipinski definition) is 5. The smallest absolute Gasteiger partial charge is 0.397 e. The van der Waals surface area contributed by atoms with Crippen LogP contribution in [0.4, 0.5) is 0 Å². The monoisotopic (exact) mass is 404 g/mol. The number of rotatable bonds is 4. The molecule has 1 aliphatic rings. The molecule has 8 heteroatoms. The molecule has 22 heavy (non-hydrogen) atoms. The standard InChI is InChI=1S/C14H14O2P2S4/c1-15-11-3-7-13(8-4-11)22(17(19)21-18(22)20)14-9-5-12(16-2)6-10-14/h3-10H,1-2H3/q+2. The van der Waals surface area contributed by atoms with E-state index in [1.807, 2.05) is 35.3 Å². The molecular formula is C14H14O2P2S4+2. The Morgan fingerprint density at radius 3 is 1.41 bits per heavy atom. The Hall–Kier alpha value is -0.220. The third kappa shape index (κ3) is 2.60. The van der Waals surface area contributed by atoms with E-state index in [-0.39, 0.29) is 0 Å². The lowest BCUT2D eigenvalue weighted by molar-refractivity contribution is 0.414. The second kappa shape index (κ2) is 6.72. The predicted molar refractivity (Wildman–Crippen MR) is 106 cm³/mol. The fraction of sp³-hybridized carbons (Fsp3) is 0.143. The molecule has 0 N–H and O–H groups in total. The molecule has 0 saturated carbocycles. The zero-order valence-corrected chi connectivity index (χ0v) is 17.0. The minimum Gasteiger partial charge on any atom is -0.497 e. The molecule has 0 spiro atoms. The van der Waals surface area contributed by atoms with Crippen LogP contribution in [-0.4, -0.2) is 14.2 Å². The van der Waals surface area contributed by atoms with Crippen molar-refractivity contribution in [1.29, 1.82) is 0 Å². The molecule has 0 radical (unpaired) electrons. The molecule has 1 aliphatic heterocycles. The summed E-state index contributed by atoms with van der Waals surface area (Å²) in [5.41, 5.74) is 0. The third-order valence-corrected chi connectivity index (χ3v) is 36.8. The fourth-order valence-corrected chi connectivity index (χ4v) is 41.7. The van der Waals surface area contributed by atoms with Gasteiger partial charge >= 0.3 is 21.2 Å². The van der Waals surface area contributed by atoms with Crippen LogP contribution in [0.15, 0.2) is 58.3 Å². The maximum absolute atomic E-state index is 5.82. The van der Waals surface area contributed by atoms with Gasteiger partial charge in [-0.2, -0.15) is 0 Å². The second-order valence-electron chi connectivity index (χ2n) is 4.43. The van der Waals surface area contributed by atoms with Crippen LogP contribution in [0, 0.1) is 0 Å². The van der Waals surface area contributed by atoms with Gasteiger partial charge in [-0.3, -0.25) is 0 Å². The molecule has 3 rings (SSSR count). The van der Waals surface area contributed by atoms with Crippen LogP contribution < -0.4 is 9.47 Å². The first-order chi connectivity index (χ1) is 10.6. The molecular weight excluding hydrogens is 390 g/mol. The van der Waals surface area contributed by atoms with Gasteiger partial charge in [-0.25, -0.2) is 0 Å². The maximum atomic E-state index is 5.82. The molecule has 0 bridgehead atoms. The van der Waals surface area contributed by atoms with Gasteiger partial charge in [0.2, 0.25) is 0 Å². The summed E-state index contributed by atoms with van der Waals surface area (Å²) in [5, 5.41) is -1.12. The third-order valence-electron chi connectivity index (χ3n) is 3.34. The quantitative estimate of drug-likeness (QED) is 0.562. The van der Waals surface area contributed by atoms with Gasteiger partial charge in [0.1, 0.15) is 11.5 Å². The van der Waals surface area contributed by atoms with Crippen molar-refractivity contribution in [3.05, 3.63) is 48.5 Å². The Bertz CT molecular complexity index is 668. The van der Waals surface area contributed by atoms with Crippen LogP contribution in [0.1, 0.15) is 0 Å². The van der Waals surface area contributed by atoms with Crippen molar-refractivity contribution >= 4 is 54.1 Å². The van der Waals surface area contributed by atoms with Gasteiger partial charge in [-0.1, -0.05) is 0 Å². The Morgan fingerprint density at radius 1 is 0.773 bits per heavy atom. The second-order valence-corrected chi connectivity index (χ2v) is 24.4. The Labute approximate surface area is 147 Å². The van der Waals surface area contributed by atoms with Crippen molar-refractivity contribution in [3.8, 4) is 11.5 Å². The summed E-state index contributed by atoms with van der Waals surface area (Å²) < 4.78 is 10.5. The number of hydrogen-bond donors (Lipinski definition) is 0. The van der Waals surface area contributed by atoms with E-state index in [1.165, 1.54) is 9.79 Å². The highest BCUT2D eigenvalue weighted by Gasteiger charge is 2.72. The summed E-state index contributed by atoms with van der Waals surface area (Å²) in [6, 6.07) is 16.6. The summed E-state index contributed by atoms with van der Waals surface area (Å²) in [7, 11) is 2.11. The van der Waals surface area contributed by atoms with E-state index in [9.17, 15) is 0 Å². The van der Waals surface area contributed by atoms with Gasteiger partial charge in [-0.05, 0) is 48.5 Å². The van der Waals surface area contributed by atoms with Gasteiger partial charge in [0, 0.05) is 0 Å². The topological polar surface area (TPSA) is 18.5 Å². The van der Waals surface area contributed by atoms with E-state index in [1.54, 1.807) is 14.2 Å². The van der Waals surface area contributed by atoms with Crippen molar-refractivity contribution < 1.29 is 9.47 Å². The van der Waals surface area contributed by atoms with E-state index >= 15 is 0 Å². The van der Waals surface area contributed by atoms with Gasteiger partial charge in [0.25, 0.3) is 0 Å². The van der Waals surface area contributed by atoms with Crippen molar-refractivity contribution in [1.82, 2.24) is 0 Å². The highest BCUT2D eigenvalue weighted by molar-refractivity contribution is 9.48. The van der Waals surface area contributed by atoms with Crippen molar-refractivity contribution in [2.24, 2.45) is 0 Å². The van der Waals surface area contributed by atoms with Gasteiger partial charge in [0.05, 0.1) is 24.0 Å². The van der Waals surface area contributed by atoms with Gasteiger partial charge in [0.15, 0.2) is 32.9 Å². The summed E-state index contributed by atoms with van der Waals surface area (Å²) in [6.07, 6.45) is 0. The summed E-state index contributed by atoms with van der Waals surface area (Å²) in [6.45, 7) is 0. The van der Waals surface area contributed by atoms with E-state index in [0.717, 1.165) is 11.5 Å². The minimum absolute atomic E-state index is 0.559. The summed E-state index contributed by atoms with van der Waals surface area (Å²) >= 11 is 13.5. The number of methoxy groups -OCH3 is 2. The molecule has 0 amide bonds. The Kier molecular flexibility index (Phi) is 5.08. The fourth-order valence-electron chi connectivity index (χ4n) is 2.19. The SMILES string of the molecule is COc1ccc(S2(c3ccc(OC)cc3)[P+](=S)S[P+]2=S)cc1. The van der Waals surface area contributed by atoms with E-state index in [0.29, 0.717) is 0 Å². The van der Waals surface area contributed by atoms with Crippen LogP contribution >= 0.6 is 30.5 Å². The lowest BCUT2D eigenvalue weighted by Gasteiger charge is -2.26. The van der Waals surface area contributed by atoms with Gasteiger partial charge < -0.3 is 9.47 Å². The molecule has 2 atom stereocenters. The lowest BCUT2D eigenvalue weighted by atomic mass is 10.3. The lowest BCUT2D eigenvalue weighted by Crippen LogP contribution is -1.97. The first-order valence-electron chi connectivity index (χ1n) is 6.37. The Morgan fingerprint density at radius 2 is 1.14 bits per heavy atom. The molecule has 2 aromatic carbocycles. The molecule has 2 aromatic rings. The van der Waals surface area contributed by atoms with E-state index in [2.05, 4.69) is 24.3 Å². The first kappa shape index (κ1) is 16.6. The predicted octanol–water partition coefficient (Wildman–Crippen LogP) is 6.22. The largest absolute Gasteiger partial charge is 0.497 e. The van der Waals surface area contributed by atoms with Crippen molar-refractivity contribution in [3.63, 3.8) is 0 Å². The van der Waals surface area contributed by atoms with Crippen molar-refractivity contribution in [2.45, 2.75) is 9.79 Å². The van der Waals surface area contributed by atoms with Crippen LogP contribution in [0.2, 0.25) is 0 Å². The first-order valence-corrected chi connectivity index (χ1v) is 16.0. The molecule has 2 nitrogen and oxygen atoms in total. The summed E-state index contributed by atoms with van der Waals surface area (Å²) in [4.78, 5) is 2.58. The molecule has 0 aliphatic carbocycles. The average molecular weight is 404 g/mol. The highest BCUT2D eigenvalue weighted by atomic mass is 33.7. The normalized spacial score (nSPS) is 20.8. The molecule has 2 unspecified atom stereocenters. The average Bonchev–Trinajstić information content (AvgIpc) is 2.56. The zero-order valence-electron chi connectivity index (χ0n) is 12.0. The Balaban J connectivity index is 2.12. The van der Waals surface area contributed by atoms with Crippen LogP contribution in [-0.2, 0) is 23.6 Å². The molecule has 1 fully saturated rings. The van der Waals surface area contributed by atoms with Crippen LogP contribution in [0.3, 0.4) is 0 Å². The summed E-state index contributed by atoms with van der Waals surface area (Å²) in [5.74, 6) is 1.73. The zero-order chi connectivity index (χ0) is 15.7. The molecule has 114 valence electrons. The van der Waals surface area contributed by atoms with Crippen LogP contribution in [0.5, 0.6) is 11.5 Å². The number of ether oxygens (including phenoxy) is 2. The highest BCUT2D eigenvalue weighted by Crippen LogP contribution is 3.09. The van der Waals surface area contributed by atoms with E-state index < -0.39 is 19.5 Å². The molecule has 0 aromatic heterocycles. The molecule has 1 heterocycles. The van der Waals surface area contributed by atoms with Crippen LogP contribution in [0.25, 0.3) is 0 Å². The maximum Gasteiger partial charge on any atom is 0.397 e. The van der Waals surface area contributed by atoms with Gasteiger partial charge in [-0.15, -0.1) is 0 Å². The van der Waals surface area contributed by atoms with Crippen molar-refractivity contribution in [2.75, 3.05) is 14.2 Å².